The normalized spacial score (nSPS) is 10.1. The number of anilines is 1. The van der Waals surface area contributed by atoms with Crippen molar-refractivity contribution in [1.82, 2.24) is 4.98 Å². The number of nitrogens with two attached hydrogens (primary N) is 1. The van der Waals surface area contributed by atoms with Crippen molar-refractivity contribution in [3.05, 3.63) is 59.3 Å². The summed E-state index contributed by atoms with van der Waals surface area (Å²) in [5.41, 5.74) is 6.56. The molecule has 0 spiro atoms. The third-order valence-corrected chi connectivity index (χ3v) is 3.01. The van der Waals surface area contributed by atoms with Crippen LogP contribution in [0.3, 0.4) is 0 Å². The van der Waals surface area contributed by atoms with Gasteiger partial charge in [-0.1, -0.05) is 18.2 Å². The first kappa shape index (κ1) is 14.5. The number of primary amides is 1. The summed E-state index contributed by atoms with van der Waals surface area (Å²) in [6, 6.07) is 10.0. The van der Waals surface area contributed by atoms with Crippen LogP contribution in [-0.2, 0) is 6.42 Å². The van der Waals surface area contributed by atoms with Gasteiger partial charge in [-0.05, 0) is 30.2 Å². The molecule has 1 aromatic heterocycles. The van der Waals surface area contributed by atoms with Crippen molar-refractivity contribution in [3.63, 3.8) is 0 Å². The molecule has 0 aliphatic carbocycles. The predicted octanol–water partition coefficient (Wildman–Crippen LogP) is 1.53. The first-order chi connectivity index (χ1) is 10.1. The molecule has 6 nitrogen and oxygen atoms in total. The largest absolute Gasteiger partial charge is 0.478 e. The van der Waals surface area contributed by atoms with Gasteiger partial charge in [-0.3, -0.25) is 4.79 Å². The molecule has 6 heteroatoms. The lowest BCUT2D eigenvalue weighted by molar-refractivity contribution is 0.0695. The fourth-order valence-electron chi connectivity index (χ4n) is 2.01. The van der Waals surface area contributed by atoms with Crippen LogP contribution in [0, 0.1) is 0 Å². The Labute approximate surface area is 121 Å². The molecule has 0 saturated carbocycles. The Hall–Kier alpha value is -2.89. The number of aromatic nitrogens is 1. The lowest BCUT2D eigenvalue weighted by Crippen LogP contribution is -2.17. The highest BCUT2D eigenvalue weighted by Crippen LogP contribution is 2.12. The van der Waals surface area contributed by atoms with E-state index in [1.54, 1.807) is 42.6 Å². The van der Waals surface area contributed by atoms with E-state index in [4.69, 9.17) is 10.8 Å². The minimum absolute atomic E-state index is 0.274. The van der Waals surface area contributed by atoms with Crippen LogP contribution in [0.2, 0.25) is 0 Å². The molecule has 21 heavy (non-hydrogen) atoms. The summed E-state index contributed by atoms with van der Waals surface area (Å²) in [4.78, 5) is 26.4. The second-order valence-electron chi connectivity index (χ2n) is 4.40. The zero-order valence-electron chi connectivity index (χ0n) is 11.2. The molecule has 2 aromatic rings. The molecule has 1 aromatic carbocycles. The van der Waals surface area contributed by atoms with Gasteiger partial charge in [0.25, 0.3) is 5.91 Å². The van der Waals surface area contributed by atoms with Gasteiger partial charge in [0, 0.05) is 12.7 Å². The number of carboxylic acids is 1. The molecule has 0 fully saturated rings. The van der Waals surface area contributed by atoms with Crippen LogP contribution in [0.25, 0.3) is 0 Å². The highest BCUT2D eigenvalue weighted by Gasteiger charge is 2.10. The van der Waals surface area contributed by atoms with Gasteiger partial charge in [0.05, 0.1) is 11.1 Å². The number of rotatable bonds is 6. The monoisotopic (exact) mass is 285 g/mol. The van der Waals surface area contributed by atoms with E-state index >= 15 is 0 Å². The molecule has 0 aliphatic rings. The van der Waals surface area contributed by atoms with Gasteiger partial charge in [-0.25, -0.2) is 9.78 Å². The lowest BCUT2D eigenvalue weighted by atomic mass is 10.0. The zero-order chi connectivity index (χ0) is 15.2. The number of amides is 1. The number of nitrogens with one attached hydrogen (secondary N) is 1. The van der Waals surface area contributed by atoms with Gasteiger partial charge in [0.2, 0.25) is 0 Å². The van der Waals surface area contributed by atoms with E-state index in [1.165, 1.54) is 0 Å². The van der Waals surface area contributed by atoms with Gasteiger partial charge in [-0.2, -0.15) is 0 Å². The van der Waals surface area contributed by atoms with Gasteiger partial charge in [0.1, 0.15) is 5.82 Å². The maximum atomic E-state index is 11.3. The Morgan fingerprint density at radius 3 is 2.57 bits per heavy atom. The summed E-state index contributed by atoms with van der Waals surface area (Å²) < 4.78 is 0. The second-order valence-corrected chi connectivity index (χ2v) is 4.40. The molecule has 0 unspecified atom stereocenters. The maximum Gasteiger partial charge on any atom is 0.335 e. The lowest BCUT2D eigenvalue weighted by Gasteiger charge is -2.10. The van der Waals surface area contributed by atoms with Crippen LogP contribution < -0.4 is 11.1 Å². The summed E-state index contributed by atoms with van der Waals surface area (Å²) in [7, 11) is 0. The topological polar surface area (TPSA) is 105 Å². The zero-order valence-corrected chi connectivity index (χ0v) is 11.2. The number of hydrogen-bond acceptors (Lipinski definition) is 4. The third kappa shape index (κ3) is 3.56. The van der Waals surface area contributed by atoms with Crippen LogP contribution in [0.4, 0.5) is 5.82 Å². The van der Waals surface area contributed by atoms with Crippen LogP contribution in [0.5, 0.6) is 0 Å². The third-order valence-electron chi connectivity index (χ3n) is 3.01. The average Bonchev–Trinajstić information content (AvgIpc) is 2.48. The molecule has 1 heterocycles. The molecule has 108 valence electrons. The van der Waals surface area contributed by atoms with E-state index in [9.17, 15) is 9.59 Å². The Kier molecular flexibility index (Phi) is 4.50. The van der Waals surface area contributed by atoms with E-state index in [0.29, 0.717) is 29.9 Å². The Bertz CT molecular complexity index is 613. The number of aromatic carboxylic acids is 1. The highest BCUT2D eigenvalue weighted by atomic mass is 16.4. The standard InChI is InChI=1S/C15H15N3O3/c16-13(19)12-6-3-8-17-14(12)18-9-7-10-4-1-2-5-11(10)15(20)21/h1-6,8H,7,9H2,(H2,16,19)(H,17,18)(H,20,21). The van der Waals surface area contributed by atoms with Crippen LogP contribution in [0.15, 0.2) is 42.6 Å². The van der Waals surface area contributed by atoms with Crippen molar-refractivity contribution in [1.29, 1.82) is 0 Å². The van der Waals surface area contributed by atoms with Crippen molar-refractivity contribution in [3.8, 4) is 0 Å². The quantitative estimate of drug-likeness (QED) is 0.746. The van der Waals surface area contributed by atoms with E-state index in [1.807, 2.05) is 0 Å². The summed E-state index contributed by atoms with van der Waals surface area (Å²) in [5.74, 6) is -1.12. The molecule has 0 aliphatic heterocycles. The number of carboxylic acid groups (broad SMARTS) is 1. The summed E-state index contributed by atoms with van der Waals surface area (Å²) in [6.45, 7) is 0.446. The summed E-state index contributed by atoms with van der Waals surface area (Å²) in [6.07, 6.45) is 2.05. The van der Waals surface area contributed by atoms with Crippen molar-refractivity contribution in [2.45, 2.75) is 6.42 Å². The van der Waals surface area contributed by atoms with Crippen LogP contribution >= 0.6 is 0 Å². The molecule has 0 bridgehead atoms. The minimum Gasteiger partial charge on any atom is -0.478 e. The second kappa shape index (κ2) is 6.51. The first-order valence-electron chi connectivity index (χ1n) is 6.39. The van der Waals surface area contributed by atoms with Crippen LogP contribution in [0.1, 0.15) is 26.3 Å². The molecule has 0 radical (unpaired) electrons. The SMILES string of the molecule is NC(=O)c1cccnc1NCCc1ccccc1C(=O)O. The fraction of sp³-hybridized carbons (Fsp3) is 0.133. The van der Waals surface area contributed by atoms with Crippen LogP contribution in [-0.4, -0.2) is 28.5 Å². The van der Waals surface area contributed by atoms with E-state index < -0.39 is 11.9 Å². The summed E-state index contributed by atoms with van der Waals surface area (Å²) >= 11 is 0. The van der Waals surface area contributed by atoms with Gasteiger partial charge < -0.3 is 16.2 Å². The van der Waals surface area contributed by atoms with E-state index in [2.05, 4.69) is 10.3 Å². The number of carbonyl (C=O) groups excluding carboxylic acids is 1. The minimum atomic E-state index is -0.957. The number of benzene rings is 1. The molecule has 0 atom stereocenters. The smallest absolute Gasteiger partial charge is 0.335 e. The first-order valence-corrected chi connectivity index (χ1v) is 6.39. The summed E-state index contributed by atoms with van der Waals surface area (Å²) in [5, 5.41) is 12.1. The van der Waals surface area contributed by atoms with Crippen molar-refractivity contribution in [2.75, 3.05) is 11.9 Å². The number of pyridine rings is 1. The van der Waals surface area contributed by atoms with Crippen molar-refractivity contribution >= 4 is 17.7 Å². The Balaban J connectivity index is 2.06. The number of hydrogen-bond donors (Lipinski definition) is 3. The average molecular weight is 285 g/mol. The van der Waals surface area contributed by atoms with E-state index in [-0.39, 0.29) is 5.56 Å². The molecular weight excluding hydrogens is 270 g/mol. The Morgan fingerprint density at radius 2 is 1.86 bits per heavy atom. The predicted molar refractivity (Wildman–Crippen MR) is 78.3 cm³/mol. The Morgan fingerprint density at radius 1 is 1.14 bits per heavy atom. The van der Waals surface area contributed by atoms with Crippen molar-refractivity contribution in [2.24, 2.45) is 5.73 Å². The van der Waals surface area contributed by atoms with Gasteiger partial charge in [-0.15, -0.1) is 0 Å². The van der Waals surface area contributed by atoms with Gasteiger partial charge >= 0.3 is 5.97 Å². The van der Waals surface area contributed by atoms with E-state index in [0.717, 1.165) is 0 Å². The van der Waals surface area contributed by atoms with Gasteiger partial charge in [0.15, 0.2) is 0 Å². The molecule has 0 saturated heterocycles. The highest BCUT2D eigenvalue weighted by molar-refractivity contribution is 5.97. The maximum absolute atomic E-state index is 11.3. The molecule has 4 N–H and O–H groups in total. The molecular formula is C15H15N3O3. The molecule has 2 rings (SSSR count). The number of nitrogens with zero attached hydrogens (tertiary/aromatic N) is 1. The number of carbonyl (C=O) groups is 2. The fourth-order valence-corrected chi connectivity index (χ4v) is 2.01. The van der Waals surface area contributed by atoms with Crippen molar-refractivity contribution < 1.29 is 14.7 Å². The molecule has 1 amide bonds.